The summed E-state index contributed by atoms with van der Waals surface area (Å²) in [5.41, 5.74) is 4.75. The van der Waals surface area contributed by atoms with E-state index >= 15 is 0 Å². The highest BCUT2D eigenvalue weighted by atomic mass is 35.5. The molecule has 0 fully saturated rings. The van der Waals surface area contributed by atoms with Crippen molar-refractivity contribution in [3.8, 4) is 5.75 Å². The van der Waals surface area contributed by atoms with Crippen LogP contribution in [0.4, 0.5) is 11.4 Å². The van der Waals surface area contributed by atoms with Crippen molar-refractivity contribution in [1.29, 1.82) is 0 Å². The standard InChI is InChI=1S/C25H25ClN4O5S/c1-18-6-5-7-20(14-18)30(36(2,33)34)16-24(31)29-27-15-19-10-12-21(13-11-19)35-17-25(32)28-23-9-4-3-8-22(23)26/h3-15H,16-17H2,1-2H3,(H,28,32)(H,29,31)/b27-15-. The van der Waals surface area contributed by atoms with Gasteiger partial charge >= 0.3 is 0 Å². The van der Waals surface area contributed by atoms with Gasteiger partial charge in [0, 0.05) is 0 Å². The normalized spacial score (nSPS) is 11.2. The number of ether oxygens (including phenoxy) is 1. The van der Waals surface area contributed by atoms with E-state index < -0.39 is 22.5 Å². The van der Waals surface area contributed by atoms with Crippen molar-refractivity contribution in [3.05, 3.63) is 88.9 Å². The molecular weight excluding hydrogens is 504 g/mol. The van der Waals surface area contributed by atoms with Gasteiger partial charge in [0.15, 0.2) is 6.61 Å². The second kappa shape index (κ2) is 12.2. The minimum absolute atomic E-state index is 0.202. The summed E-state index contributed by atoms with van der Waals surface area (Å²) < 4.78 is 30.8. The van der Waals surface area contributed by atoms with Crippen molar-refractivity contribution < 1.29 is 22.7 Å². The van der Waals surface area contributed by atoms with Gasteiger partial charge in [-0.05, 0) is 66.6 Å². The number of halogens is 1. The van der Waals surface area contributed by atoms with Crippen LogP contribution in [0.5, 0.6) is 5.75 Å². The van der Waals surface area contributed by atoms with E-state index in [1.807, 2.05) is 13.0 Å². The number of nitrogens with one attached hydrogen (secondary N) is 2. The number of hydrogen-bond donors (Lipinski definition) is 2. The summed E-state index contributed by atoms with van der Waals surface area (Å²) >= 11 is 6.02. The zero-order valence-corrected chi connectivity index (χ0v) is 21.2. The average molecular weight is 529 g/mol. The number of hydrogen-bond acceptors (Lipinski definition) is 6. The van der Waals surface area contributed by atoms with E-state index in [0.29, 0.717) is 27.7 Å². The number of amides is 2. The quantitative estimate of drug-likeness (QED) is 0.308. The van der Waals surface area contributed by atoms with Gasteiger partial charge < -0.3 is 10.1 Å². The Morgan fingerprint density at radius 2 is 1.75 bits per heavy atom. The van der Waals surface area contributed by atoms with Crippen LogP contribution in [0.1, 0.15) is 11.1 Å². The van der Waals surface area contributed by atoms with E-state index in [1.54, 1.807) is 66.7 Å². The Bertz CT molecular complexity index is 1360. The summed E-state index contributed by atoms with van der Waals surface area (Å²) in [6.45, 7) is 1.22. The molecule has 2 N–H and O–H groups in total. The third-order valence-electron chi connectivity index (χ3n) is 4.78. The lowest BCUT2D eigenvalue weighted by molar-refractivity contribution is -0.119. The molecule has 0 spiro atoms. The summed E-state index contributed by atoms with van der Waals surface area (Å²) in [4.78, 5) is 24.4. The highest BCUT2D eigenvalue weighted by Crippen LogP contribution is 2.21. The molecule has 3 aromatic rings. The average Bonchev–Trinajstić information content (AvgIpc) is 2.83. The van der Waals surface area contributed by atoms with Crippen LogP contribution in [0.15, 0.2) is 77.9 Å². The minimum Gasteiger partial charge on any atom is -0.484 e. The number of rotatable bonds is 10. The Morgan fingerprint density at radius 3 is 2.42 bits per heavy atom. The van der Waals surface area contributed by atoms with Gasteiger partial charge in [0.2, 0.25) is 10.0 Å². The van der Waals surface area contributed by atoms with Gasteiger partial charge in [0.25, 0.3) is 11.8 Å². The maximum Gasteiger partial charge on any atom is 0.262 e. The van der Waals surface area contributed by atoms with Crippen LogP contribution in [0.3, 0.4) is 0 Å². The van der Waals surface area contributed by atoms with Crippen LogP contribution in [-0.4, -0.2) is 45.9 Å². The van der Waals surface area contributed by atoms with E-state index in [2.05, 4.69) is 15.8 Å². The molecule has 3 aromatic carbocycles. The van der Waals surface area contributed by atoms with Crippen molar-refractivity contribution in [1.82, 2.24) is 5.43 Å². The summed E-state index contributed by atoms with van der Waals surface area (Å²) in [5.74, 6) is -0.486. The van der Waals surface area contributed by atoms with Crippen LogP contribution < -0.4 is 19.8 Å². The molecule has 0 aliphatic heterocycles. The maximum atomic E-state index is 12.3. The molecule has 0 aliphatic carbocycles. The van der Waals surface area contributed by atoms with Crippen molar-refractivity contribution >= 4 is 51.0 Å². The molecular formula is C25H25ClN4O5S. The summed E-state index contributed by atoms with van der Waals surface area (Å²) in [5, 5.41) is 6.98. The van der Waals surface area contributed by atoms with Gasteiger partial charge in [-0.1, -0.05) is 35.9 Å². The molecule has 0 atom stereocenters. The Balaban J connectivity index is 1.50. The molecule has 9 nitrogen and oxygen atoms in total. The lowest BCUT2D eigenvalue weighted by atomic mass is 10.2. The predicted octanol–water partition coefficient (Wildman–Crippen LogP) is 3.58. The van der Waals surface area contributed by atoms with E-state index in [1.165, 1.54) is 6.21 Å². The van der Waals surface area contributed by atoms with E-state index in [0.717, 1.165) is 16.1 Å². The van der Waals surface area contributed by atoms with Crippen LogP contribution in [0.25, 0.3) is 0 Å². The third kappa shape index (κ3) is 8.10. The third-order valence-corrected chi connectivity index (χ3v) is 6.25. The van der Waals surface area contributed by atoms with Crippen molar-refractivity contribution in [2.75, 3.05) is 29.0 Å². The molecule has 11 heteroatoms. The van der Waals surface area contributed by atoms with E-state index in [9.17, 15) is 18.0 Å². The first-order chi connectivity index (χ1) is 17.1. The Labute approximate surface area is 214 Å². The fourth-order valence-corrected chi connectivity index (χ4v) is 4.11. The van der Waals surface area contributed by atoms with Crippen molar-refractivity contribution in [3.63, 3.8) is 0 Å². The SMILES string of the molecule is Cc1cccc(N(CC(=O)N/N=C\c2ccc(OCC(=O)Nc3ccccc3Cl)cc2)S(C)(=O)=O)c1. The van der Waals surface area contributed by atoms with Gasteiger partial charge in [0.05, 0.1) is 28.9 Å². The molecule has 188 valence electrons. The molecule has 0 aliphatic rings. The highest BCUT2D eigenvalue weighted by Gasteiger charge is 2.20. The smallest absolute Gasteiger partial charge is 0.262 e. The number of aryl methyl sites for hydroxylation is 1. The number of anilines is 2. The second-order valence-electron chi connectivity index (χ2n) is 7.79. The largest absolute Gasteiger partial charge is 0.484 e. The van der Waals surface area contributed by atoms with Gasteiger partial charge in [-0.25, -0.2) is 13.8 Å². The van der Waals surface area contributed by atoms with Gasteiger partial charge in [-0.2, -0.15) is 5.10 Å². The van der Waals surface area contributed by atoms with Crippen LogP contribution in [0, 0.1) is 6.92 Å². The molecule has 0 saturated heterocycles. The monoisotopic (exact) mass is 528 g/mol. The predicted molar refractivity (Wildman–Crippen MR) is 141 cm³/mol. The fourth-order valence-electron chi connectivity index (χ4n) is 3.08. The number of hydrazone groups is 1. The van der Waals surface area contributed by atoms with Crippen LogP contribution in [-0.2, 0) is 19.6 Å². The first-order valence-corrected chi connectivity index (χ1v) is 13.0. The number of sulfonamides is 1. The Hall–Kier alpha value is -3.89. The van der Waals surface area contributed by atoms with Crippen LogP contribution in [0.2, 0.25) is 5.02 Å². The molecule has 3 rings (SSSR count). The van der Waals surface area contributed by atoms with Gasteiger partial charge in [0.1, 0.15) is 12.3 Å². The topological polar surface area (TPSA) is 117 Å². The van der Waals surface area contributed by atoms with Crippen LogP contribution >= 0.6 is 11.6 Å². The first-order valence-electron chi connectivity index (χ1n) is 10.8. The number of benzene rings is 3. The lowest BCUT2D eigenvalue weighted by Gasteiger charge is -2.21. The number of carbonyl (C=O) groups excluding carboxylic acids is 2. The number of nitrogens with zero attached hydrogens (tertiary/aromatic N) is 2. The van der Waals surface area contributed by atoms with E-state index in [4.69, 9.17) is 16.3 Å². The minimum atomic E-state index is -3.67. The first kappa shape index (κ1) is 26.7. The molecule has 0 heterocycles. The second-order valence-corrected chi connectivity index (χ2v) is 10.1. The molecule has 0 saturated carbocycles. The molecule has 0 unspecified atom stereocenters. The fraction of sp³-hybridized carbons (Fsp3) is 0.160. The summed E-state index contributed by atoms with van der Waals surface area (Å²) in [6, 6.07) is 20.4. The van der Waals surface area contributed by atoms with E-state index in [-0.39, 0.29) is 12.5 Å². The van der Waals surface area contributed by atoms with Gasteiger partial charge in [-0.15, -0.1) is 0 Å². The molecule has 0 bridgehead atoms. The Morgan fingerprint density at radius 1 is 1.03 bits per heavy atom. The molecule has 0 aromatic heterocycles. The lowest BCUT2D eigenvalue weighted by Crippen LogP contribution is -2.39. The highest BCUT2D eigenvalue weighted by molar-refractivity contribution is 7.92. The molecule has 2 amide bonds. The number of para-hydroxylation sites is 1. The van der Waals surface area contributed by atoms with Crippen molar-refractivity contribution in [2.24, 2.45) is 5.10 Å². The maximum absolute atomic E-state index is 12.3. The summed E-state index contributed by atoms with van der Waals surface area (Å²) in [7, 11) is -3.67. The summed E-state index contributed by atoms with van der Waals surface area (Å²) in [6.07, 6.45) is 2.44. The molecule has 36 heavy (non-hydrogen) atoms. The zero-order chi connectivity index (χ0) is 26.1. The zero-order valence-electron chi connectivity index (χ0n) is 19.6. The van der Waals surface area contributed by atoms with Gasteiger partial charge in [-0.3, -0.25) is 13.9 Å². The number of carbonyl (C=O) groups is 2. The van der Waals surface area contributed by atoms with Crippen molar-refractivity contribution in [2.45, 2.75) is 6.92 Å². The molecule has 0 radical (unpaired) electrons. The Kier molecular flexibility index (Phi) is 9.04.